The Bertz CT molecular complexity index is 1140. The summed E-state index contributed by atoms with van der Waals surface area (Å²) in [5, 5.41) is 11.5. The Morgan fingerprint density at radius 3 is 2.25 bits per heavy atom. The third-order valence-electron chi connectivity index (χ3n) is 5.99. The number of nitrogens with zero attached hydrogens (tertiary/aromatic N) is 4. The van der Waals surface area contributed by atoms with Crippen LogP contribution >= 0.6 is 0 Å². The zero-order valence-electron chi connectivity index (χ0n) is 17.8. The van der Waals surface area contributed by atoms with Crippen molar-refractivity contribution in [3.63, 3.8) is 0 Å². The molecular weight excluding hydrogens is 344 g/mol. The highest BCUT2D eigenvalue weighted by atomic mass is 15.3. The van der Waals surface area contributed by atoms with Crippen LogP contribution < -0.4 is 0 Å². The highest BCUT2D eigenvalue weighted by Gasteiger charge is 2.22. The lowest BCUT2D eigenvalue weighted by molar-refractivity contribution is 0.426. The fraction of sp³-hybridized carbons (Fsp3) is 0.417. The number of fused-ring (bicyclic) bond motifs is 2. The van der Waals surface area contributed by atoms with Crippen LogP contribution in [-0.4, -0.2) is 19.6 Å². The molecule has 0 N–H and O–H groups in total. The lowest BCUT2D eigenvalue weighted by Crippen LogP contribution is -2.20. The van der Waals surface area contributed by atoms with Crippen LogP contribution in [-0.2, 0) is 24.4 Å². The largest absolute Gasteiger partial charge is 0.268 e. The Labute approximate surface area is 167 Å². The van der Waals surface area contributed by atoms with Crippen LogP contribution in [0.5, 0.6) is 0 Å². The summed E-state index contributed by atoms with van der Waals surface area (Å²) >= 11 is 0. The lowest BCUT2D eigenvalue weighted by atomic mass is 9.81. The zero-order valence-corrected chi connectivity index (χ0v) is 17.8. The summed E-state index contributed by atoms with van der Waals surface area (Å²) < 4.78 is 4.09. The highest BCUT2D eigenvalue weighted by molar-refractivity contribution is 5.80. The maximum absolute atomic E-state index is 4.67. The van der Waals surface area contributed by atoms with E-state index in [1.807, 2.05) is 24.1 Å². The molecular formula is C24H30N4. The van der Waals surface area contributed by atoms with E-state index in [0.29, 0.717) is 0 Å². The Morgan fingerprint density at radius 1 is 0.786 bits per heavy atom. The molecule has 0 spiro atoms. The Balaban J connectivity index is 1.60. The molecule has 4 nitrogen and oxygen atoms in total. The van der Waals surface area contributed by atoms with Gasteiger partial charge in [0.05, 0.1) is 23.4 Å². The minimum Gasteiger partial charge on any atom is -0.268 e. The van der Waals surface area contributed by atoms with Gasteiger partial charge in [-0.25, -0.2) is 0 Å². The molecule has 4 heteroatoms. The molecule has 0 aliphatic rings. The van der Waals surface area contributed by atoms with Crippen LogP contribution in [0.25, 0.3) is 21.8 Å². The zero-order chi connectivity index (χ0) is 20.1. The van der Waals surface area contributed by atoms with Crippen molar-refractivity contribution >= 4 is 21.8 Å². The standard InChI is InChI=1S/C24H30N4/c1-23(2,3)19-8-7-17-15-26-28(22(17)14-19)12-11-24(4,5)20-9-10-21-18(13-20)16-25-27(21)6/h7-10,13-16H,11-12H2,1-6H3. The van der Waals surface area contributed by atoms with Crippen molar-refractivity contribution in [2.75, 3.05) is 0 Å². The van der Waals surface area contributed by atoms with Gasteiger partial charge < -0.3 is 0 Å². The maximum atomic E-state index is 4.67. The van der Waals surface area contributed by atoms with E-state index in [9.17, 15) is 0 Å². The first-order valence-electron chi connectivity index (χ1n) is 10.0. The number of aromatic nitrogens is 4. The average Bonchev–Trinajstić information content (AvgIpc) is 3.22. The quantitative estimate of drug-likeness (QED) is 0.467. The Morgan fingerprint density at radius 2 is 1.50 bits per heavy atom. The molecule has 0 aliphatic heterocycles. The fourth-order valence-corrected chi connectivity index (χ4v) is 3.83. The van der Waals surface area contributed by atoms with Gasteiger partial charge in [-0.2, -0.15) is 10.2 Å². The fourth-order valence-electron chi connectivity index (χ4n) is 3.83. The van der Waals surface area contributed by atoms with Crippen LogP contribution in [0.3, 0.4) is 0 Å². The summed E-state index contributed by atoms with van der Waals surface area (Å²) in [5.41, 5.74) is 5.30. The first-order chi connectivity index (χ1) is 13.1. The molecule has 0 saturated carbocycles. The van der Waals surface area contributed by atoms with Gasteiger partial charge in [0.2, 0.25) is 0 Å². The monoisotopic (exact) mass is 374 g/mol. The van der Waals surface area contributed by atoms with Gasteiger partial charge >= 0.3 is 0 Å². The summed E-state index contributed by atoms with van der Waals surface area (Å²) in [6.45, 7) is 12.3. The lowest BCUT2D eigenvalue weighted by Gasteiger charge is -2.26. The van der Waals surface area contributed by atoms with E-state index in [2.05, 4.69) is 85.9 Å². The second-order valence-electron chi connectivity index (χ2n) is 9.57. The first kappa shape index (κ1) is 18.7. The molecule has 2 aromatic heterocycles. The number of hydrogen-bond acceptors (Lipinski definition) is 2. The molecule has 0 fully saturated rings. The van der Waals surface area contributed by atoms with Crippen molar-refractivity contribution in [1.82, 2.24) is 19.6 Å². The van der Waals surface area contributed by atoms with Crippen LogP contribution in [0.4, 0.5) is 0 Å². The van der Waals surface area contributed by atoms with E-state index in [1.54, 1.807) is 0 Å². The number of aryl methyl sites for hydroxylation is 2. The van der Waals surface area contributed by atoms with Gasteiger partial charge in [0.15, 0.2) is 0 Å². The smallest absolute Gasteiger partial charge is 0.0685 e. The average molecular weight is 375 g/mol. The molecule has 4 aromatic rings. The van der Waals surface area contributed by atoms with Crippen molar-refractivity contribution in [1.29, 1.82) is 0 Å². The van der Waals surface area contributed by atoms with Gasteiger partial charge in [-0.15, -0.1) is 0 Å². The van der Waals surface area contributed by atoms with Gasteiger partial charge in [0.25, 0.3) is 0 Å². The summed E-state index contributed by atoms with van der Waals surface area (Å²) in [5.74, 6) is 0. The van der Waals surface area contributed by atoms with E-state index < -0.39 is 0 Å². The summed E-state index contributed by atoms with van der Waals surface area (Å²) in [7, 11) is 1.99. The molecule has 0 saturated heterocycles. The number of hydrogen-bond donors (Lipinski definition) is 0. The van der Waals surface area contributed by atoms with Crippen molar-refractivity contribution < 1.29 is 0 Å². The predicted molar refractivity (Wildman–Crippen MR) is 117 cm³/mol. The predicted octanol–water partition coefficient (Wildman–Crippen LogP) is 5.59. The number of benzene rings is 2. The van der Waals surface area contributed by atoms with E-state index in [-0.39, 0.29) is 10.8 Å². The van der Waals surface area contributed by atoms with Crippen LogP contribution in [0, 0.1) is 0 Å². The van der Waals surface area contributed by atoms with Gasteiger partial charge in [0.1, 0.15) is 0 Å². The Kier molecular flexibility index (Phi) is 4.33. The van der Waals surface area contributed by atoms with Gasteiger partial charge in [-0.1, -0.05) is 52.8 Å². The van der Waals surface area contributed by atoms with Crippen molar-refractivity contribution in [3.05, 3.63) is 59.9 Å². The van der Waals surface area contributed by atoms with Crippen molar-refractivity contribution in [2.24, 2.45) is 7.05 Å². The molecule has 28 heavy (non-hydrogen) atoms. The molecule has 0 unspecified atom stereocenters. The number of rotatable bonds is 4. The summed E-state index contributed by atoms with van der Waals surface area (Å²) in [6, 6.07) is 13.4. The summed E-state index contributed by atoms with van der Waals surface area (Å²) in [6.07, 6.45) is 4.95. The van der Waals surface area contributed by atoms with E-state index in [1.165, 1.54) is 32.9 Å². The van der Waals surface area contributed by atoms with Crippen LogP contribution in [0.2, 0.25) is 0 Å². The van der Waals surface area contributed by atoms with E-state index in [4.69, 9.17) is 0 Å². The normalized spacial score (nSPS) is 12.9. The molecule has 0 radical (unpaired) electrons. The molecule has 4 rings (SSSR count). The van der Waals surface area contributed by atoms with Crippen LogP contribution in [0.15, 0.2) is 48.8 Å². The molecule has 146 valence electrons. The maximum Gasteiger partial charge on any atom is 0.0685 e. The van der Waals surface area contributed by atoms with Crippen molar-refractivity contribution in [2.45, 2.75) is 58.4 Å². The van der Waals surface area contributed by atoms with Gasteiger partial charge in [-0.05, 0) is 46.6 Å². The molecule has 0 bridgehead atoms. The minimum atomic E-state index is 0.0595. The van der Waals surface area contributed by atoms with E-state index in [0.717, 1.165) is 13.0 Å². The second-order valence-corrected chi connectivity index (χ2v) is 9.57. The topological polar surface area (TPSA) is 35.6 Å². The minimum absolute atomic E-state index is 0.0595. The second kappa shape index (κ2) is 6.47. The molecule has 0 amide bonds. The van der Waals surface area contributed by atoms with E-state index >= 15 is 0 Å². The first-order valence-corrected chi connectivity index (χ1v) is 10.0. The van der Waals surface area contributed by atoms with Gasteiger partial charge in [0, 0.05) is 24.4 Å². The third-order valence-corrected chi connectivity index (χ3v) is 5.99. The van der Waals surface area contributed by atoms with Gasteiger partial charge in [-0.3, -0.25) is 9.36 Å². The summed E-state index contributed by atoms with van der Waals surface area (Å²) in [4.78, 5) is 0. The molecule has 2 aromatic carbocycles. The van der Waals surface area contributed by atoms with Crippen LogP contribution in [0.1, 0.15) is 52.2 Å². The molecule has 2 heterocycles. The Hall–Kier alpha value is -2.62. The van der Waals surface area contributed by atoms with Crippen molar-refractivity contribution in [3.8, 4) is 0 Å². The highest BCUT2D eigenvalue weighted by Crippen LogP contribution is 2.31. The SMILES string of the molecule is Cn1ncc2cc(C(C)(C)CCn3ncc4ccc(C(C)(C)C)cc43)ccc21. The third kappa shape index (κ3) is 3.32. The molecule has 0 aliphatic carbocycles. The molecule has 0 atom stereocenters.